The Morgan fingerprint density at radius 3 is 2.53 bits per heavy atom. The maximum Gasteiger partial charge on any atom is 0.421 e. The standard InChI is InChI=1S/C24H31F3N8O/c1-28-17-6-5-7-18(14-17)32-22(29-2)19(24(25,26)27)15-30-16-31-20-8-9-21(33-23(20)36-4)35-12-10-34(3)11-13-35/h5-9,14-15,28,31-32H,2,10-13,16H2,1,3-4H3/b22-19-,30-15-. The molecule has 12 heteroatoms. The van der Waals surface area contributed by atoms with Crippen LogP contribution in [0.2, 0.25) is 0 Å². The van der Waals surface area contributed by atoms with Gasteiger partial charge in [0.2, 0.25) is 5.88 Å². The molecule has 0 saturated carbocycles. The SMILES string of the molecule is C=N/C(Nc1cccc(NC)c1)=C(\C=N/CNc1ccc(N2CCN(C)CC2)nc1OC)C(F)(F)F. The zero-order valence-corrected chi connectivity index (χ0v) is 20.6. The molecule has 0 amide bonds. The first-order valence-electron chi connectivity index (χ1n) is 11.3. The Morgan fingerprint density at radius 2 is 1.89 bits per heavy atom. The lowest BCUT2D eigenvalue weighted by Gasteiger charge is -2.33. The van der Waals surface area contributed by atoms with E-state index in [4.69, 9.17) is 4.74 Å². The van der Waals surface area contributed by atoms with Crippen LogP contribution in [0, 0.1) is 0 Å². The van der Waals surface area contributed by atoms with E-state index in [1.165, 1.54) is 7.11 Å². The molecule has 0 aliphatic carbocycles. The van der Waals surface area contributed by atoms with Gasteiger partial charge in [-0.2, -0.15) is 18.2 Å². The zero-order chi connectivity index (χ0) is 26.1. The van der Waals surface area contributed by atoms with Crippen molar-refractivity contribution in [2.75, 3.05) is 74.9 Å². The number of allylic oxidation sites excluding steroid dienone is 1. The van der Waals surface area contributed by atoms with E-state index >= 15 is 0 Å². The molecule has 1 fully saturated rings. The van der Waals surface area contributed by atoms with Crippen molar-refractivity contribution in [1.82, 2.24) is 9.88 Å². The van der Waals surface area contributed by atoms with Gasteiger partial charge in [0.1, 0.15) is 23.9 Å². The van der Waals surface area contributed by atoms with Crippen LogP contribution in [-0.2, 0) is 0 Å². The third kappa shape index (κ3) is 7.11. The summed E-state index contributed by atoms with van der Waals surface area (Å²) in [6.07, 6.45) is -3.97. The van der Waals surface area contributed by atoms with Crippen LogP contribution in [0.4, 0.5) is 36.1 Å². The van der Waals surface area contributed by atoms with Gasteiger partial charge in [-0.3, -0.25) is 4.99 Å². The predicted molar refractivity (Wildman–Crippen MR) is 140 cm³/mol. The molecule has 9 nitrogen and oxygen atoms in total. The van der Waals surface area contributed by atoms with Crippen molar-refractivity contribution < 1.29 is 17.9 Å². The highest BCUT2D eigenvalue weighted by Gasteiger charge is 2.35. The summed E-state index contributed by atoms with van der Waals surface area (Å²) in [5.74, 6) is 0.675. The Balaban J connectivity index is 1.72. The third-order valence-electron chi connectivity index (χ3n) is 5.58. The van der Waals surface area contributed by atoms with Crippen molar-refractivity contribution in [3.63, 3.8) is 0 Å². The number of hydrogen-bond acceptors (Lipinski definition) is 9. The molecule has 0 unspecified atom stereocenters. The number of anilines is 4. The maximum absolute atomic E-state index is 13.8. The molecule has 194 valence electrons. The van der Waals surface area contributed by atoms with Gasteiger partial charge in [-0.1, -0.05) is 6.07 Å². The summed E-state index contributed by atoms with van der Waals surface area (Å²) < 4.78 is 46.7. The summed E-state index contributed by atoms with van der Waals surface area (Å²) >= 11 is 0. The Bertz CT molecular complexity index is 1100. The second kappa shape index (κ2) is 12.2. The summed E-state index contributed by atoms with van der Waals surface area (Å²) in [6.45, 7) is 6.73. The van der Waals surface area contributed by atoms with Crippen molar-refractivity contribution in [2.24, 2.45) is 9.98 Å². The molecule has 36 heavy (non-hydrogen) atoms. The van der Waals surface area contributed by atoms with Crippen molar-refractivity contribution in [3.05, 3.63) is 47.8 Å². The van der Waals surface area contributed by atoms with Gasteiger partial charge in [-0.25, -0.2) is 4.99 Å². The number of halogens is 3. The smallest absolute Gasteiger partial charge is 0.421 e. The van der Waals surface area contributed by atoms with E-state index in [1.807, 2.05) is 6.07 Å². The molecule has 3 rings (SSSR count). The lowest BCUT2D eigenvalue weighted by Crippen LogP contribution is -2.44. The largest absolute Gasteiger partial charge is 0.479 e. The van der Waals surface area contributed by atoms with Gasteiger partial charge in [-0.05, 0) is 44.1 Å². The minimum atomic E-state index is -4.70. The lowest BCUT2D eigenvalue weighted by molar-refractivity contribution is -0.0863. The van der Waals surface area contributed by atoms with Crippen molar-refractivity contribution in [1.29, 1.82) is 0 Å². The van der Waals surface area contributed by atoms with Crippen molar-refractivity contribution in [3.8, 4) is 5.88 Å². The number of nitrogens with zero attached hydrogens (tertiary/aromatic N) is 5. The number of piperazine rings is 1. The predicted octanol–water partition coefficient (Wildman–Crippen LogP) is 3.91. The van der Waals surface area contributed by atoms with E-state index in [0.717, 1.165) is 43.9 Å². The van der Waals surface area contributed by atoms with Crippen LogP contribution in [0.3, 0.4) is 0 Å². The minimum Gasteiger partial charge on any atom is -0.479 e. The Kier molecular flexibility index (Phi) is 9.12. The van der Waals surface area contributed by atoms with Crippen LogP contribution in [-0.4, -0.2) is 83.0 Å². The molecule has 1 aromatic heterocycles. The molecule has 1 aliphatic rings. The van der Waals surface area contributed by atoms with Gasteiger partial charge in [0.05, 0.1) is 12.8 Å². The number of pyridine rings is 1. The van der Waals surface area contributed by atoms with Crippen molar-refractivity contribution >= 4 is 35.8 Å². The molecular formula is C24H31F3N8O. The number of ether oxygens (including phenoxy) is 1. The van der Waals surface area contributed by atoms with Gasteiger partial charge in [-0.15, -0.1) is 0 Å². The van der Waals surface area contributed by atoms with Gasteiger partial charge >= 0.3 is 6.18 Å². The highest BCUT2D eigenvalue weighted by atomic mass is 19.4. The van der Waals surface area contributed by atoms with Crippen molar-refractivity contribution in [2.45, 2.75) is 6.18 Å². The second-order valence-corrected chi connectivity index (χ2v) is 8.04. The summed E-state index contributed by atoms with van der Waals surface area (Å²) in [7, 11) is 5.28. The number of benzene rings is 1. The van der Waals surface area contributed by atoms with Crippen LogP contribution in [0.5, 0.6) is 5.88 Å². The van der Waals surface area contributed by atoms with E-state index in [0.29, 0.717) is 17.3 Å². The molecule has 1 aromatic carbocycles. The number of hydrogen-bond donors (Lipinski definition) is 3. The molecule has 0 bridgehead atoms. The number of rotatable bonds is 10. The molecular weight excluding hydrogens is 473 g/mol. The van der Waals surface area contributed by atoms with Crippen LogP contribution in [0.15, 0.2) is 57.8 Å². The molecule has 1 saturated heterocycles. The number of alkyl halides is 3. The van der Waals surface area contributed by atoms with E-state index in [-0.39, 0.29) is 6.67 Å². The van der Waals surface area contributed by atoms with Crippen LogP contribution in [0.1, 0.15) is 0 Å². The monoisotopic (exact) mass is 504 g/mol. The summed E-state index contributed by atoms with van der Waals surface area (Å²) in [6, 6.07) is 10.4. The average molecular weight is 505 g/mol. The second-order valence-electron chi connectivity index (χ2n) is 8.04. The molecule has 2 heterocycles. The topological polar surface area (TPSA) is 89.4 Å². The van der Waals surface area contributed by atoms with Crippen LogP contribution >= 0.6 is 0 Å². The van der Waals surface area contributed by atoms with E-state index in [2.05, 4.69) is 54.5 Å². The Hall–Kier alpha value is -3.80. The highest BCUT2D eigenvalue weighted by molar-refractivity contribution is 5.83. The number of aliphatic imine (C=N–C) groups is 2. The summed E-state index contributed by atoms with van der Waals surface area (Å²) in [5.41, 5.74) is 0.628. The fraction of sp³-hybridized carbons (Fsp3) is 0.375. The molecule has 0 radical (unpaired) electrons. The lowest BCUT2D eigenvalue weighted by atomic mass is 10.2. The molecule has 2 aromatic rings. The molecule has 1 aliphatic heterocycles. The highest BCUT2D eigenvalue weighted by Crippen LogP contribution is 2.29. The number of aromatic nitrogens is 1. The molecule has 0 spiro atoms. The Labute approximate surface area is 208 Å². The zero-order valence-electron chi connectivity index (χ0n) is 20.6. The van der Waals surface area contributed by atoms with Crippen LogP contribution in [0.25, 0.3) is 0 Å². The molecule has 0 atom stereocenters. The first kappa shape index (κ1) is 26.8. The minimum absolute atomic E-state index is 0.134. The van der Waals surface area contributed by atoms with E-state index in [1.54, 1.807) is 37.4 Å². The van der Waals surface area contributed by atoms with Gasteiger partial charge in [0, 0.05) is 50.8 Å². The van der Waals surface area contributed by atoms with E-state index in [9.17, 15) is 13.2 Å². The fourth-order valence-electron chi connectivity index (χ4n) is 3.55. The first-order valence-corrected chi connectivity index (χ1v) is 11.3. The third-order valence-corrected chi connectivity index (χ3v) is 5.58. The first-order chi connectivity index (χ1) is 17.2. The summed E-state index contributed by atoms with van der Waals surface area (Å²) in [5, 5.41) is 8.55. The van der Waals surface area contributed by atoms with Gasteiger partial charge < -0.3 is 30.5 Å². The van der Waals surface area contributed by atoms with Crippen LogP contribution < -0.4 is 25.6 Å². The normalized spacial score (nSPS) is 15.4. The summed E-state index contributed by atoms with van der Waals surface area (Å²) in [4.78, 5) is 16.4. The number of nitrogens with one attached hydrogen (secondary N) is 3. The Morgan fingerprint density at radius 1 is 1.17 bits per heavy atom. The molecule has 3 N–H and O–H groups in total. The quantitative estimate of drug-likeness (QED) is 0.423. The fourth-order valence-corrected chi connectivity index (χ4v) is 3.55. The maximum atomic E-state index is 13.8. The van der Waals surface area contributed by atoms with E-state index < -0.39 is 17.6 Å². The number of likely N-dealkylation sites (N-methyl/N-ethyl adjacent to an activating group) is 1. The van der Waals surface area contributed by atoms with Gasteiger partial charge in [0.25, 0.3) is 0 Å². The number of methoxy groups -OCH3 is 1. The average Bonchev–Trinajstić information content (AvgIpc) is 2.87. The van der Waals surface area contributed by atoms with Gasteiger partial charge in [0.15, 0.2) is 0 Å².